The van der Waals surface area contributed by atoms with Crippen molar-refractivity contribution in [2.24, 2.45) is 11.8 Å². The number of sulfone groups is 2. The first-order chi connectivity index (χ1) is 35.9. The van der Waals surface area contributed by atoms with E-state index in [0.717, 1.165) is 72.2 Å². The average Bonchev–Trinajstić information content (AvgIpc) is 4.20. The minimum Gasteiger partial charge on any atom is -0.347 e. The fraction of sp³-hybridized carbons (Fsp3) is 0.538. The lowest BCUT2D eigenvalue weighted by Gasteiger charge is -2.22. The van der Waals surface area contributed by atoms with E-state index in [2.05, 4.69) is 25.1 Å². The number of thiazole rings is 2. The van der Waals surface area contributed by atoms with Crippen molar-refractivity contribution in [1.29, 1.82) is 0 Å². The zero-order valence-corrected chi connectivity index (χ0v) is 49.4. The number of rotatable bonds is 16. The minimum atomic E-state index is -3.86. The van der Waals surface area contributed by atoms with Gasteiger partial charge in [-0.05, 0) is 95.6 Å². The zero-order valence-electron chi connectivity index (χ0n) is 43.0. The number of carbonyl (C=O) groups is 2. The van der Waals surface area contributed by atoms with E-state index in [1.54, 1.807) is 39.8 Å². The van der Waals surface area contributed by atoms with Gasteiger partial charge in [0.15, 0.2) is 10.0 Å². The summed E-state index contributed by atoms with van der Waals surface area (Å²) in [6.45, 7) is 7.01. The number of nitrogens with zero attached hydrogens (tertiary/aromatic N) is 2. The molecule has 4 aliphatic rings. The molecular weight excluding hydrogens is 1130 g/mol. The van der Waals surface area contributed by atoms with E-state index < -0.39 is 39.7 Å². The Kier molecular flexibility index (Phi) is 18.8. The highest BCUT2D eigenvalue weighted by Crippen LogP contribution is 2.44. The molecule has 0 atom stereocenters. The molecule has 2 aliphatic carbocycles. The molecule has 4 heterocycles. The van der Waals surface area contributed by atoms with Crippen molar-refractivity contribution in [3.05, 3.63) is 80.0 Å². The lowest BCUT2D eigenvalue weighted by Crippen LogP contribution is -2.40. The number of carbonyl (C=O) groups excluding carboxylic acids is 2. The van der Waals surface area contributed by atoms with E-state index in [-0.39, 0.29) is 83.8 Å². The molecule has 2 saturated carbocycles. The summed E-state index contributed by atoms with van der Waals surface area (Å²) in [6, 6.07) is 13.0. The van der Waals surface area contributed by atoms with Crippen LogP contribution in [0.2, 0.25) is 10.0 Å². The summed E-state index contributed by atoms with van der Waals surface area (Å²) < 4.78 is 104. The second kappa shape index (κ2) is 24.4. The Morgan fingerprint density at radius 1 is 0.566 bits per heavy atom. The third kappa shape index (κ3) is 14.4. The molecule has 24 heteroatoms. The minimum absolute atomic E-state index is 0.0586. The topological polar surface area (TPSA) is 245 Å². The van der Waals surface area contributed by atoms with Gasteiger partial charge in [0.25, 0.3) is 11.8 Å². The van der Waals surface area contributed by atoms with Gasteiger partial charge in [0.05, 0.1) is 59.1 Å². The van der Waals surface area contributed by atoms with E-state index in [1.165, 1.54) is 41.6 Å². The molecule has 2 amide bonds. The van der Waals surface area contributed by atoms with Crippen LogP contribution in [0.25, 0.3) is 31.7 Å². The Morgan fingerprint density at radius 3 is 1.41 bits per heavy atom. The van der Waals surface area contributed by atoms with Crippen LogP contribution < -0.4 is 20.1 Å². The maximum atomic E-state index is 13.3. The van der Waals surface area contributed by atoms with Crippen LogP contribution in [0.3, 0.4) is 0 Å². The Balaban J connectivity index is 0.000000202. The van der Waals surface area contributed by atoms with Crippen molar-refractivity contribution >= 4 is 108 Å². The fourth-order valence-corrected chi connectivity index (χ4v) is 19.2. The Bertz CT molecular complexity index is 3400. The molecule has 0 unspecified atom stereocenters. The zero-order chi connectivity index (χ0) is 54.7. The Morgan fingerprint density at radius 2 is 0.961 bits per heavy atom. The van der Waals surface area contributed by atoms with Gasteiger partial charge >= 0.3 is 0 Å². The summed E-state index contributed by atoms with van der Waals surface area (Å²) in [6.07, 6.45) is 12.2. The number of halogens is 2. The number of nitrogens with one attached hydrogen (secondary N) is 4. The van der Waals surface area contributed by atoms with Crippen LogP contribution in [0.5, 0.6) is 0 Å². The quantitative estimate of drug-likeness (QED) is 0.0722. The smallest absolute Gasteiger partial charge is 0.280 e. The summed E-state index contributed by atoms with van der Waals surface area (Å²) >= 11 is 15.6. The highest BCUT2D eigenvalue weighted by molar-refractivity contribution is 7.91. The van der Waals surface area contributed by atoms with E-state index in [0.29, 0.717) is 64.8 Å². The lowest BCUT2D eigenvalue weighted by molar-refractivity contribution is 0.0925. The van der Waals surface area contributed by atoms with E-state index in [9.17, 15) is 43.3 Å². The second-order valence-corrected chi connectivity index (χ2v) is 31.8. The average molecular weight is 1200 g/mol. The number of aromatic nitrogens is 2. The van der Waals surface area contributed by atoms with Crippen molar-refractivity contribution in [1.82, 2.24) is 30.0 Å². The molecule has 4 fully saturated rings. The van der Waals surface area contributed by atoms with Crippen molar-refractivity contribution in [2.45, 2.75) is 152 Å². The number of hydrogen-bond donors (Lipinski definition) is 4. The summed E-state index contributed by atoms with van der Waals surface area (Å²) in [4.78, 5) is 37.5. The fourth-order valence-electron chi connectivity index (χ4n) is 10.5. The third-order valence-corrected chi connectivity index (χ3v) is 24.4. The molecule has 0 radical (unpaired) electrons. The molecule has 414 valence electrons. The Hall–Kier alpha value is -3.58. The molecule has 9 rings (SSSR count). The number of fused-ring (bicyclic) bond motifs is 1. The van der Waals surface area contributed by atoms with Gasteiger partial charge in [0.2, 0.25) is 20.0 Å². The van der Waals surface area contributed by atoms with Crippen molar-refractivity contribution < 1.29 is 43.3 Å². The monoisotopic (exact) mass is 1200 g/mol. The molecule has 2 aliphatic heterocycles. The molecular formula is C52H66Cl2N6O10S6. The lowest BCUT2D eigenvalue weighted by atomic mass is 9.97. The van der Waals surface area contributed by atoms with Crippen LogP contribution in [-0.2, 0) is 52.6 Å². The molecule has 0 spiro atoms. The van der Waals surface area contributed by atoms with Crippen LogP contribution >= 0.6 is 45.9 Å². The summed E-state index contributed by atoms with van der Waals surface area (Å²) in [5.74, 6) is 0.605. The van der Waals surface area contributed by atoms with E-state index >= 15 is 0 Å². The van der Waals surface area contributed by atoms with Gasteiger partial charge < -0.3 is 10.6 Å². The molecule has 5 aromatic rings. The second-order valence-electron chi connectivity index (χ2n) is 21.0. The maximum absolute atomic E-state index is 13.3. The number of sulfonamides is 2. The van der Waals surface area contributed by atoms with Crippen molar-refractivity contribution in [2.75, 3.05) is 23.0 Å². The highest BCUT2D eigenvalue weighted by atomic mass is 35.5. The molecule has 76 heavy (non-hydrogen) atoms. The Labute approximate surface area is 465 Å². The van der Waals surface area contributed by atoms with Crippen LogP contribution in [0.1, 0.15) is 136 Å². The van der Waals surface area contributed by atoms with Crippen molar-refractivity contribution in [3.63, 3.8) is 0 Å². The molecule has 16 nitrogen and oxygen atoms in total. The van der Waals surface area contributed by atoms with Gasteiger partial charge in [-0.3, -0.25) is 9.59 Å². The molecule has 3 aromatic carbocycles. The van der Waals surface area contributed by atoms with Crippen LogP contribution in [0.15, 0.2) is 58.3 Å². The van der Waals surface area contributed by atoms with Gasteiger partial charge in [0.1, 0.15) is 24.6 Å². The third-order valence-electron chi connectivity index (χ3n) is 14.3. The van der Waals surface area contributed by atoms with Crippen LogP contribution in [-0.4, -0.2) is 103 Å². The van der Waals surface area contributed by atoms with Gasteiger partial charge in [-0.2, -0.15) is 0 Å². The standard InChI is InChI=1S/C28H35N3O5S3.C24H31Cl2N3O5S3/c1-18(2)31-39(35,36)25-12-11-23(21-9-5-6-10-22(21)25)26-24(17-19-7-3-4-8-19)30-28(37-26)27(32)29-20-13-15-38(33,34)16-14-20;1-14(2)29-37(33,34)19-8-7-17(20(25)21(19)26)22-18(13-15-5-3-4-6-15)28-24(35-22)23(30)27-16-9-11-36(31,32)12-10-16/h5-6,9-12,18-20,31H,3-4,7-8,13-17H2,1-2H3,(H,29,32);7-8,14-16,29H,3-6,9-13H2,1-2H3,(H,27,30). The van der Waals surface area contributed by atoms with Crippen LogP contribution in [0.4, 0.5) is 0 Å². The first-order valence-corrected chi connectivity index (χ1v) is 35.0. The number of benzene rings is 3. The molecule has 2 aromatic heterocycles. The maximum Gasteiger partial charge on any atom is 0.280 e. The summed E-state index contributed by atoms with van der Waals surface area (Å²) in [7, 11) is -13.6. The molecule has 2 saturated heterocycles. The highest BCUT2D eigenvalue weighted by Gasteiger charge is 2.32. The normalized spacial score (nSPS) is 18.8. The van der Waals surface area contributed by atoms with Crippen molar-refractivity contribution in [3.8, 4) is 20.9 Å². The number of hydrogen-bond acceptors (Lipinski definition) is 14. The van der Waals surface area contributed by atoms with Crippen LogP contribution in [0, 0.1) is 11.8 Å². The van der Waals surface area contributed by atoms with Gasteiger partial charge in [-0.25, -0.2) is 53.1 Å². The largest absolute Gasteiger partial charge is 0.347 e. The molecule has 0 bridgehead atoms. The SMILES string of the molecule is CC(C)NS(=O)(=O)c1ccc(-c2sc(C(=O)NC3CCS(=O)(=O)CC3)nc2CC2CCCC2)c(Cl)c1Cl.CC(C)NS(=O)(=O)c1ccc(-c2sc(C(=O)NC3CCS(=O)(=O)CC3)nc2CC2CCCC2)c2ccccc12. The van der Waals surface area contributed by atoms with E-state index in [1.807, 2.05) is 30.3 Å². The first-order valence-electron chi connectivity index (χ1n) is 26.0. The van der Waals surface area contributed by atoms with Gasteiger partial charge in [-0.1, -0.05) is 111 Å². The summed E-state index contributed by atoms with van der Waals surface area (Å²) in [5.41, 5.74) is 3.00. The van der Waals surface area contributed by atoms with Gasteiger partial charge in [-0.15, -0.1) is 22.7 Å². The predicted molar refractivity (Wildman–Crippen MR) is 303 cm³/mol. The first kappa shape index (κ1) is 58.6. The predicted octanol–water partition coefficient (Wildman–Crippen LogP) is 9.53. The summed E-state index contributed by atoms with van der Waals surface area (Å²) in [5, 5.41) is 7.98. The van der Waals surface area contributed by atoms with E-state index in [4.69, 9.17) is 28.2 Å². The number of amides is 2. The van der Waals surface area contributed by atoms with Gasteiger partial charge in [0, 0.05) is 40.7 Å². The molecule has 4 N–H and O–H groups in total.